The lowest BCUT2D eigenvalue weighted by molar-refractivity contribution is -0.142. The van der Waals surface area contributed by atoms with Crippen LogP contribution >= 0.6 is 23.4 Å². The van der Waals surface area contributed by atoms with Crippen LogP contribution in [-0.2, 0) is 14.3 Å². The number of carbonyl (C=O) groups is 2. The lowest BCUT2D eigenvalue weighted by Gasteiger charge is -2.09. The van der Waals surface area contributed by atoms with Crippen molar-refractivity contribution in [2.75, 3.05) is 25.0 Å². The molecule has 0 radical (unpaired) electrons. The van der Waals surface area contributed by atoms with E-state index in [1.807, 2.05) is 24.5 Å². The van der Waals surface area contributed by atoms with Gasteiger partial charge in [0.1, 0.15) is 0 Å². The Hall–Kier alpha value is -2.64. The molecule has 0 fully saturated rings. The minimum Gasteiger partial charge on any atom is -0.454 e. The molecule has 0 saturated carbocycles. The van der Waals surface area contributed by atoms with Crippen molar-refractivity contribution >= 4 is 47.0 Å². The van der Waals surface area contributed by atoms with Gasteiger partial charge in [0.15, 0.2) is 18.1 Å². The second-order valence-corrected chi connectivity index (χ2v) is 6.68. The van der Waals surface area contributed by atoms with Crippen molar-refractivity contribution in [1.82, 2.24) is 0 Å². The molecule has 6 nitrogen and oxygen atoms in total. The maximum absolute atomic E-state index is 12.0. The number of nitrogens with one attached hydrogen (secondary N) is 1. The lowest BCUT2D eigenvalue weighted by atomic mass is 10.2. The first-order chi connectivity index (χ1) is 13.1. The summed E-state index contributed by atoms with van der Waals surface area (Å²) in [6, 6.07) is 10.7. The monoisotopic (exact) mass is 405 g/mol. The van der Waals surface area contributed by atoms with Crippen LogP contribution in [0.25, 0.3) is 6.08 Å². The van der Waals surface area contributed by atoms with E-state index in [1.165, 1.54) is 23.9 Å². The second-order valence-electron chi connectivity index (χ2n) is 5.43. The SMILES string of the molecule is CSc1ccccc1NC(=O)COC(=O)/C=C/c1cc(Cl)c2c(c1)OCO2. The van der Waals surface area contributed by atoms with Crippen LogP contribution in [0.2, 0.25) is 5.02 Å². The van der Waals surface area contributed by atoms with Crippen molar-refractivity contribution in [1.29, 1.82) is 0 Å². The van der Waals surface area contributed by atoms with Crippen molar-refractivity contribution in [2.24, 2.45) is 0 Å². The molecular weight excluding hydrogens is 390 g/mol. The van der Waals surface area contributed by atoms with Gasteiger partial charge in [-0.15, -0.1) is 11.8 Å². The van der Waals surface area contributed by atoms with Gasteiger partial charge < -0.3 is 19.5 Å². The molecule has 27 heavy (non-hydrogen) atoms. The van der Waals surface area contributed by atoms with E-state index in [1.54, 1.807) is 18.2 Å². The maximum atomic E-state index is 12.0. The highest BCUT2D eigenvalue weighted by molar-refractivity contribution is 7.98. The van der Waals surface area contributed by atoms with Gasteiger partial charge >= 0.3 is 5.97 Å². The van der Waals surface area contributed by atoms with Crippen LogP contribution in [-0.4, -0.2) is 31.5 Å². The summed E-state index contributed by atoms with van der Waals surface area (Å²) < 4.78 is 15.5. The Balaban J connectivity index is 1.53. The Morgan fingerprint density at radius 3 is 2.93 bits per heavy atom. The summed E-state index contributed by atoms with van der Waals surface area (Å²) >= 11 is 7.60. The molecule has 1 aliphatic rings. The fraction of sp³-hybridized carbons (Fsp3) is 0.158. The molecule has 2 aromatic carbocycles. The normalized spacial score (nSPS) is 12.2. The minimum absolute atomic E-state index is 0.110. The number of halogens is 1. The average Bonchev–Trinajstić information content (AvgIpc) is 3.14. The summed E-state index contributed by atoms with van der Waals surface area (Å²) in [6.45, 7) is -0.271. The van der Waals surface area contributed by atoms with E-state index >= 15 is 0 Å². The fourth-order valence-electron chi connectivity index (χ4n) is 2.37. The zero-order chi connectivity index (χ0) is 19.2. The number of rotatable bonds is 6. The molecule has 0 aromatic heterocycles. The number of hydrogen-bond donors (Lipinski definition) is 1. The molecule has 1 amide bonds. The number of esters is 1. The standard InChI is InChI=1S/C19H16ClNO5S/c1-27-16-5-3-2-4-14(16)21-17(22)10-24-18(23)7-6-12-8-13(20)19-15(9-12)25-11-26-19/h2-9H,10-11H2,1H3,(H,21,22)/b7-6+. The first kappa shape index (κ1) is 19.1. The van der Waals surface area contributed by atoms with Crippen molar-refractivity contribution in [3.05, 3.63) is 53.1 Å². The molecule has 0 atom stereocenters. The summed E-state index contributed by atoms with van der Waals surface area (Å²) in [5.41, 5.74) is 1.33. The first-order valence-electron chi connectivity index (χ1n) is 7.93. The van der Waals surface area contributed by atoms with Gasteiger partial charge in [0.25, 0.3) is 5.91 Å². The van der Waals surface area contributed by atoms with Crippen LogP contribution in [0.3, 0.4) is 0 Å². The highest BCUT2D eigenvalue weighted by Crippen LogP contribution is 2.40. The molecule has 0 aliphatic carbocycles. The average molecular weight is 406 g/mol. The number of benzene rings is 2. The number of ether oxygens (including phenoxy) is 3. The van der Waals surface area contributed by atoms with E-state index in [4.69, 9.17) is 25.8 Å². The summed E-state index contributed by atoms with van der Waals surface area (Å²) in [4.78, 5) is 24.7. The quantitative estimate of drug-likeness (QED) is 0.445. The third kappa shape index (κ3) is 4.96. The Morgan fingerprint density at radius 2 is 2.11 bits per heavy atom. The van der Waals surface area contributed by atoms with Crippen molar-refractivity contribution in [3.63, 3.8) is 0 Å². The number of anilines is 1. The number of para-hydroxylation sites is 1. The number of carbonyl (C=O) groups excluding carboxylic acids is 2. The van der Waals surface area contributed by atoms with Gasteiger partial charge in [0.2, 0.25) is 6.79 Å². The summed E-state index contributed by atoms with van der Waals surface area (Å²) in [7, 11) is 0. The zero-order valence-corrected chi connectivity index (χ0v) is 15.9. The number of amides is 1. The number of thioether (sulfide) groups is 1. The molecule has 1 aliphatic heterocycles. The van der Waals surface area contributed by atoms with E-state index in [-0.39, 0.29) is 13.4 Å². The van der Waals surface area contributed by atoms with Crippen LogP contribution in [0.15, 0.2) is 47.4 Å². The van der Waals surface area contributed by atoms with Gasteiger partial charge in [-0.05, 0) is 42.2 Å². The zero-order valence-electron chi connectivity index (χ0n) is 14.4. The summed E-state index contributed by atoms with van der Waals surface area (Å²) in [5, 5.41) is 3.11. The van der Waals surface area contributed by atoms with Gasteiger partial charge in [0, 0.05) is 11.0 Å². The maximum Gasteiger partial charge on any atom is 0.331 e. The molecule has 1 N–H and O–H groups in total. The Morgan fingerprint density at radius 1 is 1.30 bits per heavy atom. The van der Waals surface area contributed by atoms with E-state index in [0.29, 0.717) is 27.8 Å². The van der Waals surface area contributed by atoms with Gasteiger partial charge in [-0.2, -0.15) is 0 Å². The molecule has 0 unspecified atom stereocenters. The van der Waals surface area contributed by atoms with Crippen LogP contribution < -0.4 is 14.8 Å². The minimum atomic E-state index is -0.642. The predicted molar refractivity (Wildman–Crippen MR) is 104 cm³/mol. The van der Waals surface area contributed by atoms with Gasteiger partial charge in [0.05, 0.1) is 10.7 Å². The molecule has 0 saturated heterocycles. The van der Waals surface area contributed by atoms with Crippen molar-refractivity contribution in [3.8, 4) is 11.5 Å². The molecule has 8 heteroatoms. The number of hydrogen-bond acceptors (Lipinski definition) is 6. The molecule has 2 aromatic rings. The molecular formula is C19H16ClNO5S. The third-order valence-corrected chi connectivity index (χ3v) is 4.66. The molecule has 3 rings (SSSR count). The van der Waals surface area contributed by atoms with Crippen LogP contribution in [0.4, 0.5) is 5.69 Å². The Labute approximate surface area is 165 Å². The third-order valence-electron chi connectivity index (χ3n) is 3.59. The topological polar surface area (TPSA) is 73.9 Å². The van der Waals surface area contributed by atoms with Gasteiger partial charge in [-0.3, -0.25) is 4.79 Å². The van der Waals surface area contributed by atoms with E-state index < -0.39 is 11.9 Å². The predicted octanol–water partition coefficient (Wildman–Crippen LogP) is 3.99. The highest BCUT2D eigenvalue weighted by atomic mass is 35.5. The lowest BCUT2D eigenvalue weighted by Crippen LogP contribution is -2.20. The highest BCUT2D eigenvalue weighted by Gasteiger charge is 2.17. The fourth-order valence-corrected chi connectivity index (χ4v) is 3.19. The second kappa shape index (κ2) is 8.83. The first-order valence-corrected chi connectivity index (χ1v) is 9.54. The van der Waals surface area contributed by atoms with Crippen molar-refractivity contribution < 1.29 is 23.8 Å². The Bertz CT molecular complexity index is 900. The summed E-state index contributed by atoms with van der Waals surface area (Å²) in [5.74, 6) is -0.0533. The molecule has 0 bridgehead atoms. The van der Waals surface area contributed by atoms with Gasteiger partial charge in [-0.25, -0.2) is 4.79 Å². The molecule has 0 spiro atoms. The van der Waals surface area contributed by atoms with Crippen LogP contribution in [0, 0.1) is 0 Å². The van der Waals surface area contributed by atoms with E-state index in [2.05, 4.69) is 5.32 Å². The van der Waals surface area contributed by atoms with Gasteiger partial charge in [-0.1, -0.05) is 23.7 Å². The largest absolute Gasteiger partial charge is 0.454 e. The summed E-state index contributed by atoms with van der Waals surface area (Å²) in [6.07, 6.45) is 4.66. The smallest absolute Gasteiger partial charge is 0.331 e. The van der Waals surface area contributed by atoms with Crippen LogP contribution in [0.1, 0.15) is 5.56 Å². The molecule has 1 heterocycles. The number of fused-ring (bicyclic) bond motifs is 1. The molecule has 140 valence electrons. The van der Waals surface area contributed by atoms with Crippen LogP contribution in [0.5, 0.6) is 11.5 Å². The van der Waals surface area contributed by atoms with Crippen molar-refractivity contribution in [2.45, 2.75) is 4.90 Å². The van der Waals surface area contributed by atoms with E-state index in [0.717, 1.165) is 4.90 Å². The Kier molecular flexibility index (Phi) is 6.26. The van der Waals surface area contributed by atoms with E-state index in [9.17, 15) is 9.59 Å².